The summed E-state index contributed by atoms with van der Waals surface area (Å²) in [6.45, 7) is 11.3. The maximum absolute atomic E-state index is 13.1. The molecule has 2 N–H and O–H groups in total. The highest BCUT2D eigenvalue weighted by atomic mass is 16.5. The highest BCUT2D eigenvalue weighted by molar-refractivity contribution is 6.05. The van der Waals surface area contributed by atoms with Gasteiger partial charge < -0.3 is 15.4 Å². The van der Waals surface area contributed by atoms with Crippen LogP contribution in [0.5, 0.6) is 0 Å². The van der Waals surface area contributed by atoms with Gasteiger partial charge in [0.15, 0.2) is 0 Å². The number of carbonyl (C=O) groups is 2. The second-order valence-corrected chi connectivity index (χ2v) is 8.57. The minimum absolute atomic E-state index is 0.112. The molecule has 0 saturated heterocycles. The van der Waals surface area contributed by atoms with Crippen LogP contribution in [0.15, 0.2) is 41.7 Å². The van der Waals surface area contributed by atoms with Crippen molar-refractivity contribution in [3.63, 3.8) is 0 Å². The van der Waals surface area contributed by atoms with E-state index >= 15 is 0 Å². The summed E-state index contributed by atoms with van der Waals surface area (Å²) in [6, 6.07) is 3.60. The van der Waals surface area contributed by atoms with E-state index in [1.165, 1.54) is 11.1 Å². The molecular formula is C27H34N4O3. The van der Waals surface area contributed by atoms with E-state index in [1.807, 2.05) is 19.9 Å². The van der Waals surface area contributed by atoms with Crippen molar-refractivity contribution in [2.75, 3.05) is 23.8 Å². The smallest absolute Gasteiger partial charge is 0.257 e. The maximum Gasteiger partial charge on any atom is 0.257 e. The van der Waals surface area contributed by atoms with Crippen LogP contribution in [0.25, 0.3) is 6.08 Å². The Balaban J connectivity index is 1.89. The molecule has 3 rings (SSSR count). The fourth-order valence-electron chi connectivity index (χ4n) is 3.72. The molecule has 0 spiro atoms. The maximum atomic E-state index is 13.1. The minimum atomic E-state index is -0.276. The number of aryl methyl sites for hydroxylation is 2. The van der Waals surface area contributed by atoms with Crippen molar-refractivity contribution >= 4 is 29.3 Å². The van der Waals surface area contributed by atoms with Crippen molar-refractivity contribution in [1.82, 2.24) is 9.97 Å². The van der Waals surface area contributed by atoms with Crippen molar-refractivity contribution in [2.24, 2.45) is 5.92 Å². The lowest BCUT2D eigenvalue weighted by Crippen LogP contribution is -2.15. The predicted molar refractivity (Wildman–Crippen MR) is 136 cm³/mol. The lowest BCUT2D eigenvalue weighted by Gasteiger charge is -2.21. The minimum Gasteiger partial charge on any atom is -0.377 e. The summed E-state index contributed by atoms with van der Waals surface area (Å²) in [6.07, 6.45) is 9.76. The average molecular weight is 463 g/mol. The van der Waals surface area contributed by atoms with Gasteiger partial charge in [-0.25, -0.2) is 0 Å². The molecule has 34 heavy (non-hydrogen) atoms. The van der Waals surface area contributed by atoms with Gasteiger partial charge in [-0.3, -0.25) is 19.6 Å². The van der Waals surface area contributed by atoms with Gasteiger partial charge in [-0.2, -0.15) is 0 Å². The van der Waals surface area contributed by atoms with Crippen LogP contribution in [0.3, 0.4) is 0 Å². The topological polar surface area (TPSA) is 93.2 Å². The number of amides is 2. The van der Waals surface area contributed by atoms with Crippen molar-refractivity contribution in [2.45, 2.75) is 53.9 Å². The van der Waals surface area contributed by atoms with Crippen LogP contribution >= 0.6 is 0 Å². The molecule has 1 atom stereocenters. The number of carbonyl (C=O) groups excluding carboxylic acids is 2. The number of aromatic nitrogens is 2. The molecule has 0 radical (unpaired) electrons. The van der Waals surface area contributed by atoms with Gasteiger partial charge in [-0.15, -0.1) is 0 Å². The van der Waals surface area contributed by atoms with Gasteiger partial charge in [0, 0.05) is 18.3 Å². The van der Waals surface area contributed by atoms with Crippen LogP contribution in [-0.2, 0) is 9.53 Å². The molecule has 7 nitrogen and oxygen atoms in total. The number of pyridine rings is 2. The first kappa shape index (κ1) is 25.3. The van der Waals surface area contributed by atoms with Gasteiger partial charge in [0.1, 0.15) is 0 Å². The highest BCUT2D eigenvalue weighted by Gasteiger charge is 2.17. The van der Waals surface area contributed by atoms with E-state index in [4.69, 9.17) is 4.74 Å². The van der Waals surface area contributed by atoms with Crippen LogP contribution in [0.2, 0.25) is 0 Å². The van der Waals surface area contributed by atoms with Crippen molar-refractivity contribution in [1.29, 1.82) is 0 Å². The number of hydrogen-bond donors (Lipinski definition) is 2. The quantitative estimate of drug-likeness (QED) is 0.543. The Morgan fingerprint density at radius 2 is 1.88 bits per heavy atom. The van der Waals surface area contributed by atoms with Crippen LogP contribution in [0, 0.1) is 19.8 Å². The van der Waals surface area contributed by atoms with Crippen LogP contribution in [-0.4, -0.2) is 35.0 Å². The van der Waals surface area contributed by atoms with Crippen LogP contribution in [0.1, 0.15) is 67.3 Å². The van der Waals surface area contributed by atoms with E-state index in [0.717, 1.165) is 30.7 Å². The predicted octanol–water partition coefficient (Wildman–Crippen LogP) is 5.47. The summed E-state index contributed by atoms with van der Waals surface area (Å²) < 4.78 is 5.49. The molecule has 180 valence electrons. The summed E-state index contributed by atoms with van der Waals surface area (Å²) in [5.41, 5.74) is 6.58. The van der Waals surface area contributed by atoms with Gasteiger partial charge >= 0.3 is 0 Å². The van der Waals surface area contributed by atoms with Crippen molar-refractivity contribution in [3.05, 3.63) is 64.3 Å². The number of ether oxygens (including phenoxy) is 1. The van der Waals surface area contributed by atoms with Gasteiger partial charge in [0.25, 0.3) is 5.91 Å². The monoisotopic (exact) mass is 462 g/mol. The number of allylic oxidation sites excluding steroid dienone is 1. The third kappa shape index (κ3) is 6.38. The Bertz CT molecular complexity index is 1120. The first-order chi connectivity index (χ1) is 16.3. The average Bonchev–Trinajstić information content (AvgIpc) is 2.85. The lowest BCUT2D eigenvalue weighted by molar-refractivity contribution is -0.115. The molecule has 3 heterocycles. The first-order valence-corrected chi connectivity index (χ1v) is 11.9. The van der Waals surface area contributed by atoms with Gasteiger partial charge in [0.2, 0.25) is 5.91 Å². The van der Waals surface area contributed by atoms with E-state index in [9.17, 15) is 9.59 Å². The largest absolute Gasteiger partial charge is 0.377 e. The van der Waals surface area contributed by atoms with E-state index < -0.39 is 0 Å². The van der Waals surface area contributed by atoms with Crippen LogP contribution < -0.4 is 10.6 Å². The number of rotatable bonds is 8. The molecule has 7 heteroatoms. The fourth-order valence-corrected chi connectivity index (χ4v) is 3.72. The van der Waals surface area contributed by atoms with Crippen LogP contribution in [0.4, 0.5) is 11.4 Å². The Kier molecular flexibility index (Phi) is 8.71. The fraction of sp³-hybridized carbons (Fsp3) is 0.407. The summed E-state index contributed by atoms with van der Waals surface area (Å²) in [5.74, 6) is -0.00346. The highest BCUT2D eigenvalue weighted by Crippen LogP contribution is 2.30. The standard InChI is InChI=1S/C27H34N4O3/c1-6-17(3)24(20-8-10-34-11-9-20)13-21-12-22(15-28-18(21)4)27(33)31-25-14-23(16-29-19(25)5)30-26(32)7-2/h8,12-17H,6-7,9-11H2,1-5H3,(H,30,32)(H,31,33)/b24-13+. The molecule has 2 aromatic heterocycles. The lowest BCUT2D eigenvalue weighted by atomic mass is 9.87. The van der Waals surface area contributed by atoms with Gasteiger partial charge in [0.05, 0.1) is 42.0 Å². The van der Waals surface area contributed by atoms with E-state index in [1.54, 1.807) is 25.4 Å². The first-order valence-electron chi connectivity index (χ1n) is 11.9. The molecule has 0 fully saturated rings. The van der Waals surface area contributed by atoms with Gasteiger partial charge in [-0.05, 0) is 67.5 Å². The van der Waals surface area contributed by atoms with Crippen molar-refractivity contribution in [3.8, 4) is 0 Å². The number of nitrogens with one attached hydrogen (secondary N) is 2. The van der Waals surface area contributed by atoms with E-state index in [0.29, 0.717) is 41.6 Å². The molecule has 1 aliphatic rings. The Morgan fingerprint density at radius 1 is 1.12 bits per heavy atom. The SMILES string of the molecule is CCC(=O)Nc1cnc(C)c(NC(=O)c2cnc(C)c(/C=C(/C3=CCOCC3)C(C)CC)c2)c1. The molecule has 0 aliphatic carbocycles. The molecule has 2 aromatic rings. The van der Waals surface area contributed by atoms with Gasteiger partial charge in [-0.1, -0.05) is 26.8 Å². The van der Waals surface area contributed by atoms with E-state index in [-0.39, 0.29) is 11.8 Å². The summed E-state index contributed by atoms with van der Waals surface area (Å²) in [7, 11) is 0. The molecule has 0 aromatic carbocycles. The van der Waals surface area contributed by atoms with Crippen molar-refractivity contribution < 1.29 is 14.3 Å². The number of anilines is 2. The molecule has 1 unspecified atom stereocenters. The molecule has 2 amide bonds. The Hall–Kier alpha value is -3.32. The second-order valence-electron chi connectivity index (χ2n) is 8.57. The zero-order valence-electron chi connectivity index (χ0n) is 20.7. The summed E-state index contributed by atoms with van der Waals surface area (Å²) in [5, 5.41) is 5.68. The zero-order chi connectivity index (χ0) is 24.7. The third-order valence-corrected chi connectivity index (χ3v) is 6.12. The molecular weight excluding hydrogens is 428 g/mol. The van der Waals surface area contributed by atoms with E-state index in [2.05, 4.69) is 46.6 Å². The zero-order valence-corrected chi connectivity index (χ0v) is 20.7. The Morgan fingerprint density at radius 3 is 2.56 bits per heavy atom. The molecule has 0 saturated carbocycles. The third-order valence-electron chi connectivity index (χ3n) is 6.12. The second kappa shape index (κ2) is 11.7. The molecule has 0 bridgehead atoms. The summed E-state index contributed by atoms with van der Waals surface area (Å²) >= 11 is 0. The Labute approximate surface area is 201 Å². The number of nitrogens with zero attached hydrogens (tertiary/aromatic N) is 2. The summed E-state index contributed by atoms with van der Waals surface area (Å²) in [4.78, 5) is 33.6. The number of hydrogen-bond acceptors (Lipinski definition) is 5. The molecule has 1 aliphatic heterocycles. The normalized spacial score (nSPS) is 14.9.